The molecule has 2 N–H and O–H groups in total. The number of rotatable bonds is 10. The van der Waals surface area contributed by atoms with E-state index in [1.54, 1.807) is 7.11 Å². The van der Waals surface area contributed by atoms with Crippen LogP contribution in [0.25, 0.3) is 0 Å². The molecule has 0 aliphatic heterocycles. The molecular weight excluding hydrogens is 256 g/mol. The minimum atomic E-state index is -3.46. The molecule has 0 aromatic carbocycles. The maximum absolute atomic E-state index is 11.9. The maximum atomic E-state index is 11.9. The molecule has 0 rings (SSSR count). The van der Waals surface area contributed by atoms with Gasteiger partial charge in [-0.3, -0.25) is 0 Å². The van der Waals surface area contributed by atoms with Gasteiger partial charge < -0.3 is 9.84 Å². The zero-order chi connectivity index (χ0) is 14.2. The van der Waals surface area contributed by atoms with Crippen LogP contribution in [0.5, 0.6) is 0 Å². The van der Waals surface area contributed by atoms with Crippen LogP contribution in [-0.2, 0) is 14.9 Å². The van der Waals surface area contributed by atoms with Crippen molar-refractivity contribution in [3.05, 3.63) is 0 Å². The van der Waals surface area contributed by atoms with Crippen LogP contribution in [0.1, 0.15) is 26.7 Å². The van der Waals surface area contributed by atoms with Gasteiger partial charge in [0.25, 0.3) is 10.2 Å². The number of hydrogen-bond donors (Lipinski definition) is 2. The lowest BCUT2D eigenvalue weighted by Gasteiger charge is -2.26. The fourth-order valence-corrected chi connectivity index (χ4v) is 2.44. The molecule has 0 atom stereocenters. The molecule has 7 heteroatoms. The maximum Gasteiger partial charge on any atom is 0.279 e. The molecule has 0 heterocycles. The van der Waals surface area contributed by atoms with E-state index < -0.39 is 10.2 Å². The fourth-order valence-electron chi connectivity index (χ4n) is 1.28. The number of hydrogen-bond acceptors (Lipinski definition) is 4. The van der Waals surface area contributed by atoms with Gasteiger partial charge in [0.2, 0.25) is 0 Å². The van der Waals surface area contributed by atoms with Crippen LogP contribution in [0, 0.1) is 5.41 Å². The first-order valence-corrected chi connectivity index (χ1v) is 7.50. The van der Waals surface area contributed by atoms with Gasteiger partial charge in [-0.1, -0.05) is 13.8 Å². The molecule has 0 spiro atoms. The predicted octanol–water partition coefficient (Wildman–Crippen LogP) is 0.198. The van der Waals surface area contributed by atoms with Gasteiger partial charge in [0.05, 0.1) is 0 Å². The molecule has 6 nitrogen and oxygen atoms in total. The van der Waals surface area contributed by atoms with Gasteiger partial charge in [-0.25, -0.2) is 4.72 Å². The fraction of sp³-hybridized carbons (Fsp3) is 1.00. The van der Waals surface area contributed by atoms with Crippen molar-refractivity contribution in [3.8, 4) is 0 Å². The van der Waals surface area contributed by atoms with Gasteiger partial charge in [0.1, 0.15) is 0 Å². The Bertz CT molecular complexity index is 317. The van der Waals surface area contributed by atoms with Crippen molar-refractivity contribution in [1.82, 2.24) is 9.03 Å². The van der Waals surface area contributed by atoms with Crippen molar-refractivity contribution in [3.63, 3.8) is 0 Å². The Balaban J connectivity index is 4.24. The lowest BCUT2D eigenvalue weighted by atomic mass is 9.90. The van der Waals surface area contributed by atoms with E-state index in [9.17, 15) is 8.42 Å². The predicted molar refractivity (Wildman–Crippen MR) is 71.5 cm³/mol. The Labute approximate surface area is 111 Å². The first-order chi connectivity index (χ1) is 8.25. The summed E-state index contributed by atoms with van der Waals surface area (Å²) in [6.07, 6.45) is 1.22. The molecule has 0 amide bonds. The van der Waals surface area contributed by atoms with E-state index in [-0.39, 0.29) is 12.0 Å². The Kier molecular flexibility index (Phi) is 7.97. The van der Waals surface area contributed by atoms with Crippen molar-refractivity contribution in [1.29, 1.82) is 0 Å². The standard InChI is InChI=1S/C11H26N2O4S/c1-11(2,6-9-17-4)10-12-18(15,16)13(3)7-5-8-14/h12,14H,5-10H2,1-4H3. The number of aliphatic hydroxyl groups is 1. The summed E-state index contributed by atoms with van der Waals surface area (Å²) in [6, 6.07) is 0. The molecule has 18 heavy (non-hydrogen) atoms. The van der Waals surface area contributed by atoms with Crippen LogP contribution in [0.4, 0.5) is 0 Å². The quantitative estimate of drug-likeness (QED) is 0.600. The van der Waals surface area contributed by atoms with Crippen molar-refractivity contribution in [2.45, 2.75) is 26.7 Å². The second-order valence-electron chi connectivity index (χ2n) is 5.13. The second-order valence-corrected chi connectivity index (χ2v) is 6.99. The van der Waals surface area contributed by atoms with Crippen LogP contribution in [0.15, 0.2) is 0 Å². The third-order valence-electron chi connectivity index (χ3n) is 2.76. The molecular formula is C11H26N2O4S. The second kappa shape index (κ2) is 8.06. The summed E-state index contributed by atoms with van der Waals surface area (Å²) in [6.45, 7) is 5.24. The topological polar surface area (TPSA) is 78.9 Å². The summed E-state index contributed by atoms with van der Waals surface area (Å²) in [5, 5.41) is 8.68. The first kappa shape index (κ1) is 17.8. The van der Waals surface area contributed by atoms with Crippen molar-refractivity contribution in [2.24, 2.45) is 5.41 Å². The van der Waals surface area contributed by atoms with Gasteiger partial charge in [0, 0.05) is 40.5 Å². The molecule has 0 bridgehead atoms. The van der Waals surface area contributed by atoms with Crippen molar-refractivity contribution >= 4 is 10.2 Å². The summed E-state index contributed by atoms with van der Waals surface area (Å²) in [5.74, 6) is 0. The van der Waals surface area contributed by atoms with Crippen molar-refractivity contribution < 1.29 is 18.3 Å². The van der Waals surface area contributed by atoms with Crippen LogP contribution < -0.4 is 4.72 Å². The molecule has 0 aliphatic rings. The van der Waals surface area contributed by atoms with Gasteiger partial charge in [0.15, 0.2) is 0 Å². The first-order valence-electron chi connectivity index (χ1n) is 6.06. The Hall–Kier alpha value is -0.210. The molecule has 0 aromatic heterocycles. The third kappa shape index (κ3) is 7.27. The highest BCUT2D eigenvalue weighted by Crippen LogP contribution is 2.19. The molecule has 110 valence electrons. The van der Waals surface area contributed by atoms with E-state index in [4.69, 9.17) is 9.84 Å². The summed E-state index contributed by atoms with van der Waals surface area (Å²) < 4.78 is 32.5. The minimum absolute atomic E-state index is 0.0147. The lowest BCUT2D eigenvalue weighted by Crippen LogP contribution is -2.43. The summed E-state index contributed by atoms with van der Waals surface area (Å²) >= 11 is 0. The average molecular weight is 282 g/mol. The Morgan fingerprint density at radius 3 is 2.50 bits per heavy atom. The molecule has 0 aromatic rings. The normalized spacial score (nSPS) is 13.2. The monoisotopic (exact) mass is 282 g/mol. The van der Waals surface area contributed by atoms with Crippen LogP contribution >= 0.6 is 0 Å². The SMILES string of the molecule is COCCC(C)(C)CNS(=O)(=O)N(C)CCCO. The highest BCUT2D eigenvalue weighted by atomic mass is 32.2. The van der Waals surface area contributed by atoms with E-state index in [0.717, 1.165) is 6.42 Å². The van der Waals surface area contributed by atoms with Gasteiger partial charge >= 0.3 is 0 Å². The molecule has 0 aliphatic carbocycles. The summed E-state index contributed by atoms with van der Waals surface area (Å²) in [7, 11) is -0.331. The molecule has 0 saturated heterocycles. The smallest absolute Gasteiger partial charge is 0.279 e. The zero-order valence-electron chi connectivity index (χ0n) is 11.8. The highest BCUT2D eigenvalue weighted by molar-refractivity contribution is 7.87. The molecule has 0 fully saturated rings. The Morgan fingerprint density at radius 1 is 1.39 bits per heavy atom. The minimum Gasteiger partial charge on any atom is -0.396 e. The average Bonchev–Trinajstić information content (AvgIpc) is 2.31. The lowest BCUT2D eigenvalue weighted by molar-refractivity contribution is 0.153. The summed E-state index contributed by atoms with van der Waals surface area (Å²) in [4.78, 5) is 0. The van der Waals surface area contributed by atoms with Crippen molar-refractivity contribution in [2.75, 3.05) is 40.5 Å². The number of nitrogens with zero attached hydrogens (tertiary/aromatic N) is 1. The van der Waals surface area contributed by atoms with Gasteiger partial charge in [-0.2, -0.15) is 12.7 Å². The third-order valence-corrected chi connectivity index (χ3v) is 4.27. The van der Waals surface area contributed by atoms with E-state index in [2.05, 4.69) is 4.72 Å². The van der Waals surface area contributed by atoms with E-state index >= 15 is 0 Å². The van der Waals surface area contributed by atoms with Gasteiger partial charge in [-0.05, 0) is 18.3 Å². The van der Waals surface area contributed by atoms with E-state index in [1.165, 1.54) is 11.4 Å². The number of aliphatic hydroxyl groups excluding tert-OH is 1. The zero-order valence-corrected chi connectivity index (χ0v) is 12.6. The summed E-state index contributed by atoms with van der Waals surface area (Å²) in [5.41, 5.74) is -0.152. The molecule has 0 saturated carbocycles. The Morgan fingerprint density at radius 2 is 2.00 bits per heavy atom. The highest BCUT2D eigenvalue weighted by Gasteiger charge is 2.23. The molecule has 0 radical (unpaired) electrons. The molecule has 0 unspecified atom stereocenters. The largest absolute Gasteiger partial charge is 0.396 e. The van der Waals surface area contributed by atoms with Crippen LogP contribution in [-0.4, -0.2) is 58.3 Å². The van der Waals surface area contributed by atoms with E-state index in [0.29, 0.717) is 26.1 Å². The van der Waals surface area contributed by atoms with E-state index in [1.807, 2.05) is 13.8 Å². The number of ether oxygens (including phenoxy) is 1. The number of methoxy groups -OCH3 is 1. The van der Waals surface area contributed by atoms with Crippen LogP contribution in [0.2, 0.25) is 0 Å². The number of nitrogens with one attached hydrogen (secondary N) is 1. The van der Waals surface area contributed by atoms with Crippen LogP contribution in [0.3, 0.4) is 0 Å². The van der Waals surface area contributed by atoms with Gasteiger partial charge in [-0.15, -0.1) is 0 Å².